The van der Waals surface area contributed by atoms with Gasteiger partial charge in [-0.2, -0.15) is 0 Å². The quantitative estimate of drug-likeness (QED) is 0.776. The maximum atomic E-state index is 12.8. The highest BCUT2D eigenvalue weighted by atomic mass is 19.1. The average Bonchev–Trinajstić information content (AvgIpc) is 2.30. The lowest BCUT2D eigenvalue weighted by atomic mass is 9.85. The summed E-state index contributed by atoms with van der Waals surface area (Å²) in [7, 11) is 0. The highest BCUT2D eigenvalue weighted by Crippen LogP contribution is 2.27. The highest BCUT2D eigenvalue weighted by molar-refractivity contribution is 5.22. The molecule has 2 nitrogen and oxygen atoms in total. The maximum absolute atomic E-state index is 12.8. The molecule has 1 aromatic rings. The molecule has 2 atom stereocenters. The summed E-state index contributed by atoms with van der Waals surface area (Å²) in [5.41, 5.74) is 1.11. The van der Waals surface area contributed by atoms with Crippen molar-refractivity contribution in [2.45, 2.75) is 24.8 Å². The van der Waals surface area contributed by atoms with Crippen LogP contribution in [0.2, 0.25) is 0 Å². The van der Waals surface area contributed by atoms with Crippen molar-refractivity contribution in [3.8, 4) is 0 Å². The van der Waals surface area contributed by atoms with E-state index in [4.69, 9.17) is 0 Å². The number of halogens is 1. The minimum absolute atomic E-state index is 0.115. The van der Waals surface area contributed by atoms with E-state index in [-0.39, 0.29) is 18.5 Å². The third kappa shape index (κ3) is 2.36. The van der Waals surface area contributed by atoms with Gasteiger partial charge in [0.25, 0.3) is 0 Å². The van der Waals surface area contributed by atoms with E-state index < -0.39 is 0 Å². The van der Waals surface area contributed by atoms with E-state index in [2.05, 4.69) is 5.32 Å². The van der Waals surface area contributed by atoms with Crippen LogP contribution in [0.5, 0.6) is 0 Å². The monoisotopic (exact) mass is 209 g/mol. The number of hydrogen-bond donors (Lipinski definition) is 2. The van der Waals surface area contributed by atoms with E-state index in [0.29, 0.717) is 5.92 Å². The molecule has 0 bridgehead atoms. The zero-order valence-electron chi connectivity index (χ0n) is 8.62. The molecule has 0 saturated carbocycles. The minimum atomic E-state index is -0.205. The molecule has 15 heavy (non-hydrogen) atoms. The molecule has 0 radical (unpaired) electrons. The SMILES string of the molecule is OCC1NCCCC1c1ccc(F)cc1. The Morgan fingerprint density at radius 1 is 1.33 bits per heavy atom. The first-order chi connectivity index (χ1) is 7.31. The van der Waals surface area contributed by atoms with Crippen LogP contribution in [0, 0.1) is 5.82 Å². The Hall–Kier alpha value is -0.930. The van der Waals surface area contributed by atoms with E-state index in [9.17, 15) is 9.50 Å². The van der Waals surface area contributed by atoms with Crippen LogP contribution >= 0.6 is 0 Å². The summed E-state index contributed by atoms with van der Waals surface area (Å²) in [4.78, 5) is 0. The number of piperidine rings is 1. The third-order valence-electron chi connectivity index (χ3n) is 3.08. The molecule has 1 saturated heterocycles. The van der Waals surface area contributed by atoms with Crippen LogP contribution in [0.1, 0.15) is 24.3 Å². The van der Waals surface area contributed by atoms with E-state index in [1.807, 2.05) is 12.1 Å². The molecular formula is C12H16FNO. The van der Waals surface area contributed by atoms with Gasteiger partial charge in [0.1, 0.15) is 5.82 Å². The first kappa shape index (κ1) is 10.6. The van der Waals surface area contributed by atoms with Crippen LogP contribution in [-0.2, 0) is 0 Å². The number of hydrogen-bond acceptors (Lipinski definition) is 2. The van der Waals surface area contributed by atoms with Crippen LogP contribution in [0.3, 0.4) is 0 Å². The summed E-state index contributed by atoms with van der Waals surface area (Å²) in [6, 6.07) is 6.71. The molecule has 82 valence electrons. The van der Waals surface area contributed by atoms with Gasteiger partial charge in [-0.3, -0.25) is 0 Å². The normalized spacial score (nSPS) is 26.5. The lowest BCUT2D eigenvalue weighted by Gasteiger charge is -2.31. The molecule has 0 aromatic heterocycles. The van der Waals surface area contributed by atoms with Gasteiger partial charge in [0.2, 0.25) is 0 Å². The van der Waals surface area contributed by atoms with Crippen molar-refractivity contribution >= 4 is 0 Å². The van der Waals surface area contributed by atoms with Gasteiger partial charge in [-0.15, -0.1) is 0 Å². The van der Waals surface area contributed by atoms with Crippen LogP contribution < -0.4 is 5.32 Å². The Morgan fingerprint density at radius 3 is 2.73 bits per heavy atom. The van der Waals surface area contributed by atoms with Gasteiger partial charge in [-0.1, -0.05) is 12.1 Å². The number of benzene rings is 1. The molecule has 0 aliphatic carbocycles. The molecule has 2 unspecified atom stereocenters. The zero-order valence-corrected chi connectivity index (χ0v) is 8.62. The summed E-state index contributed by atoms with van der Waals surface area (Å²) in [6.45, 7) is 1.10. The Morgan fingerprint density at radius 2 is 2.07 bits per heavy atom. The van der Waals surface area contributed by atoms with Crippen molar-refractivity contribution in [1.29, 1.82) is 0 Å². The van der Waals surface area contributed by atoms with Crippen LogP contribution in [-0.4, -0.2) is 24.3 Å². The van der Waals surface area contributed by atoms with E-state index in [0.717, 1.165) is 24.9 Å². The smallest absolute Gasteiger partial charge is 0.123 e. The van der Waals surface area contributed by atoms with Crippen molar-refractivity contribution in [3.63, 3.8) is 0 Å². The standard InChI is InChI=1S/C12H16FNO/c13-10-5-3-9(4-6-10)11-2-1-7-14-12(11)8-15/h3-6,11-12,14-15H,1-2,7-8H2. The second kappa shape index (κ2) is 4.73. The molecule has 1 heterocycles. The van der Waals surface area contributed by atoms with Crippen LogP contribution in [0.25, 0.3) is 0 Å². The fourth-order valence-corrected chi connectivity index (χ4v) is 2.25. The number of nitrogens with one attached hydrogen (secondary N) is 1. The number of aliphatic hydroxyl groups excluding tert-OH is 1. The fraction of sp³-hybridized carbons (Fsp3) is 0.500. The summed E-state index contributed by atoms with van der Waals surface area (Å²) >= 11 is 0. The second-order valence-electron chi connectivity index (χ2n) is 4.04. The Bertz CT molecular complexity index is 312. The Kier molecular flexibility index (Phi) is 3.34. The molecule has 1 aliphatic rings. The van der Waals surface area contributed by atoms with Crippen LogP contribution in [0.15, 0.2) is 24.3 Å². The van der Waals surface area contributed by atoms with Crippen molar-refractivity contribution in [2.24, 2.45) is 0 Å². The molecule has 2 N–H and O–H groups in total. The second-order valence-corrected chi connectivity index (χ2v) is 4.04. The van der Waals surface area contributed by atoms with Crippen molar-refractivity contribution < 1.29 is 9.50 Å². The predicted octanol–water partition coefficient (Wildman–Crippen LogP) is 1.65. The van der Waals surface area contributed by atoms with E-state index in [1.54, 1.807) is 0 Å². The maximum Gasteiger partial charge on any atom is 0.123 e. The molecule has 1 aliphatic heterocycles. The van der Waals surface area contributed by atoms with Gasteiger partial charge in [-0.25, -0.2) is 4.39 Å². The minimum Gasteiger partial charge on any atom is -0.395 e. The Balaban J connectivity index is 2.16. The van der Waals surface area contributed by atoms with Crippen LogP contribution in [0.4, 0.5) is 4.39 Å². The molecule has 0 spiro atoms. The molecule has 3 heteroatoms. The summed E-state index contributed by atoms with van der Waals surface area (Å²) in [5, 5.41) is 12.5. The Labute approximate surface area is 89.1 Å². The van der Waals surface area contributed by atoms with E-state index in [1.165, 1.54) is 12.1 Å². The van der Waals surface area contributed by atoms with Crippen molar-refractivity contribution in [3.05, 3.63) is 35.6 Å². The van der Waals surface area contributed by atoms with Gasteiger partial charge in [0, 0.05) is 12.0 Å². The van der Waals surface area contributed by atoms with Gasteiger partial charge < -0.3 is 10.4 Å². The molecular weight excluding hydrogens is 193 g/mol. The lowest BCUT2D eigenvalue weighted by Crippen LogP contribution is -2.42. The first-order valence-electron chi connectivity index (χ1n) is 5.41. The average molecular weight is 209 g/mol. The van der Waals surface area contributed by atoms with E-state index >= 15 is 0 Å². The first-order valence-corrected chi connectivity index (χ1v) is 5.41. The summed E-state index contributed by atoms with van der Waals surface area (Å²) in [5.74, 6) is 0.104. The van der Waals surface area contributed by atoms with Gasteiger partial charge in [0.05, 0.1) is 6.61 Å². The van der Waals surface area contributed by atoms with Gasteiger partial charge >= 0.3 is 0 Å². The van der Waals surface area contributed by atoms with Gasteiger partial charge in [-0.05, 0) is 37.1 Å². The number of rotatable bonds is 2. The zero-order chi connectivity index (χ0) is 10.7. The highest BCUT2D eigenvalue weighted by Gasteiger charge is 2.25. The van der Waals surface area contributed by atoms with Crippen molar-refractivity contribution in [2.75, 3.05) is 13.2 Å². The topological polar surface area (TPSA) is 32.3 Å². The lowest BCUT2D eigenvalue weighted by molar-refractivity contribution is 0.202. The summed E-state index contributed by atoms with van der Waals surface area (Å²) < 4.78 is 12.8. The molecule has 1 fully saturated rings. The summed E-state index contributed by atoms with van der Waals surface area (Å²) in [6.07, 6.45) is 2.17. The predicted molar refractivity (Wildman–Crippen MR) is 57.3 cm³/mol. The molecule has 0 amide bonds. The third-order valence-corrected chi connectivity index (χ3v) is 3.08. The molecule has 1 aromatic carbocycles. The number of aliphatic hydroxyl groups is 1. The van der Waals surface area contributed by atoms with Gasteiger partial charge in [0.15, 0.2) is 0 Å². The van der Waals surface area contributed by atoms with Crippen molar-refractivity contribution in [1.82, 2.24) is 5.32 Å². The largest absolute Gasteiger partial charge is 0.395 e. The molecule has 2 rings (SSSR count). The fourth-order valence-electron chi connectivity index (χ4n) is 2.25.